The van der Waals surface area contributed by atoms with Crippen LogP contribution in [-0.4, -0.2) is 40.9 Å². The standard InChI is InChI=1S/C19H21N3O5S/c1-26-16-9-4-8-15(18(16)27-2)19(23)21-13-6-3-7-14(12-13)28(24,25)22-17-10-5-11-20-17/h3-4,6-9,12H,5,10-11H2,1-2H3,(H,20,22)(H,21,23). The van der Waals surface area contributed by atoms with Crippen molar-refractivity contribution in [3.05, 3.63) is 48.0 Å². The van der Waals surface area contributed by atoms with Crippen LogP contribution in [0.25, 0.3) is 0 Å². The molecule has 8 nitrogen and oxygen atoms in total. The van der Waals surface area contributed by atoms with E-state index in [1.807, 2.05) is 0 Å². The van der Waals surface area contributed by atoms with E-state index < -0.39 is 15.9 Å². The van der Waals surface area contributed by atoms with Gasteiger partial charge in [0.1, 0.15) is 5.84 Å². The van der Waals surface area contributed by atoms with E-state index in [9.17, 15) is 13.2 Å². The lowest BCUT2D eigenvalue weighted by atomic mass is 10.1. The second-order valence-electron chi connectivity index (χ2n) is 6.06. The van der Waals surface area contributed by atoms with Crippen molar-refractivity contribution in [1.82, 2.24) is 4.72 Å². The molecule has 2 aromatic carbocycles. The maximum absolute atomic E-state index is 12.7. The van der Waals surface area contributed by atoms with Crippen molar-refractivity contribution in [2.45, 2.75) is 17.7 Å². The fourth-order valence-electron chi connectivity index (χ4n) is 2.84. The molecule has 2 aromatic rings. The Morgan fingerprint density at radius 1 is 1.11 bits per heavy atom. The van der Waals surface area contributed by atoms with Gasteiger partial charge in [-0.1, -0.05) is 12.1 Å². The molecule has 0 saturated heterocycles. The summed E-state index contributed by atoms with van der Waals surface area (Å²) in [5.74, 6) is 0.731. The SMILES string of the molecule is COc1cccc(C(=O)Nc2cccc(S(=O)(=O)NC3=NCCC3)c2)c1OC. The molecule has 1 amide bonds. The number of methoxy groups -OCH3 is 2. The van der Waals surface area contributed by atoms with Crippen LogP contribution in [0.4, 0.5) is 5.69 Å². The Morgan fingerprint density at radius 3 is 2.57 bits per heavy atom. The number of hydrogen-bond donors (Lipinski definition) is 2. The summed E-state index contributed by atoms with van der Waals surface area (Å²) in [5.41, 5.74) is 0.611. The number of carbonyl (C=O) groups excluding carboxylic acids is 1. The van der Waals surface area contributed by atoms with Gasteiger partial charge in [-0.05, 0) is 36.8 Å². The summed E-state index contributed by atoms with van der Waals surface area (Å²) < 4.78 is 38.0. The lowest BCUT2D eigenvalue weighted by Gasteiger charge is -2.13. The maximum Gasteiger partial charge on any atom is 0.262 e. The van der Waals surface area contributed by atoms with E-state index in [4.69, 9.17) is 9.47 Å². The van der Waals surface area contributed by atoms with Gasteiger partial charge in [0.2, 0.25) is 0 Å². The number of nitrogens with one attached hydrogen (secondary N) is 2. The van der Waals surface area contributed by atoms with E-state index in [2.05, 4.69) is 15.0 Å². The van der Waals surface area contributed by atoms with Crippen molar-refractivity contribution in [3.8, 4) is 11.5 Å². The van der Waals surface area contributed by atoms with Gasteiger partial charge in [0.05, 0.1) is 24.7 Å². The van der Waals surface area contributed by atoms with Crippen LogP contribution in [0.2, 0.25) is 0 Å². The molecule has 0 unspecified atom stereocenters. The summed E-state index contributed by atoms with van der Waals surface area (Å²) in [6, 6.07) is 11.0. The van der Waals surface area contributed by atoms with Crippen LogP contribution >= 0.6 is 0 Å². The Kier molecular flexibility index (Phi) is 5.84. The highest BCUT2D eigenvalue weighted by atomic mass is 32.2. The van der Waals surface area contributed by atoms with Gasteiger partial charge in [-0.15, -0.1) is 0 Å². The van der Waals surface area contributed by atoms with Crippen LogP contribution < -0.4 is 19.5 Å². The monoisotopic (exact) mass is 403 g/mol. The van der Waals surface area contributed by atoms with Crippen LogP contribution in [0.5, 0.6) is 11.5 Å². The fourth-order valence-corrected chi connectivity index (χ4v) is 3.98. The van der Waals surface area contributed by atoms with E-state index in [1.165, 1.54) is 26.4 Å². The van der Waals surface area contributed by atoms with Gasteiger partial charge in [-0.2, -0.15) is 0 Å². The molecule has 0 fully saturated rings. The van der Waals surface area contributed by atoms with Gasteiger partial charge in [0.25, 0.3) is 15.9 Å². The summed E-state index contributed by atoms with van der Waals surface area (Å²) in [4.78, 5) is 16.8. The number of benzene rings is 2. The molecule has 1 aliphatic rings. The van der Waals surface area contributed by atoms with Crippen molar-refractivity contribution < 1.29 is 22.7 Å². The minimum absolute atomic E-state index is 0.0394. The summed E-state index contributed by atoms with van der Waals surface area (Å²) in [5, 5.41) is 2.69. The molecule has 0 aliphatic carbocycles. The van der Waals surface area contributed by atoms with Gasteiger partial charge < -0.3 is 14.8 Å². The van der Waals surface area contributed by atoms with Crippen LogP contribution in [0, 0.1) is 0 Å². The molecule has 3 rings (SSSR count). The largest absolute Gasteiger partial charge is 0.493 e. The molecule has 28 heavy (non-hydrogen) atoms. The number of carbonyl (C=O) groups is 1. The summed E-state index contributed by atoms with van der Waals surface area (Å²) in [7, 11) is -0.842. The highest BCUT2D eigenvalue weighted by Gasteiger charge is 2.20. The average Bonchev–Trinajstić information content (AvgIpc) is 3.19. The lowest BCUT2D eigenvalue weighted by molar-refractivity contribution is 0.102. The molecule has 0 atom stereocenters. The van der Waals surface area contributed by atoms with Crippen molar-refractivity contribution in [1.29, 1.82) is 0 Å². The number of aliphatic imine (C=N–C) groups is 1. The first kappa shape index (κ1) is 19.7. The molecule has 148 valence electrons. The van der Waals surface area contributed by atoms with Crippen LogP contribution in [0.15, 0.2) is 52.4 Å². The predicted molar refractivity (Wildman–Crippen MR) is 106 cm³/mol. The number of ether oxygens (including phenoxy) is 2. The van der Waals surface area contributed by atoms with Crippen LogP contribution in [0.1, 0.15) is 23.2 Å². The lowest BCUT2D eigenvalue weighted by Crippen LogP contribution is -2.29. The Hall–Kier alpha value is -3.07. The van der Waals surface area contributed by atoms with Gasteiger partial charge in [-0.25, -0.2) is 8.42 Å². The zero-order chi connectivity index (χ0) is 20.1. The number of sulfonamides is 1. The van der Waals surface area contributed by atoms with E-state index in [-0.39, 0.29) is 10.5 Å². The maximum atomic E-state index is 12.7. The van der Waals surface area contributed by atoms with Crippen LogP contribution in [0.3, 0.4) is 0 Å². The molecule has 0 bridgehead atoms. The fraction of sp³-hybridized carbons (Fsp3) is 0.263. The number of amides is 1. The molecule has 0 saturated carbocycles. The normalized spacial score (nSPS) is 13.6. The van der Waals surface area contributed by atoms with Gasteiger partial charge in [0, 0.05) is 18.7 Å². The summed E-state index contributed by atoms with van der Waals surface area (Å²) in [6.07, 6.45) is 1.43. The van der Waals surface area contributed by atoms with E-state index in [1.54, 1.807) is 30.3 Å². The van der Waals surface area contributed by atoms with Crippen molar-refractivity contribution in [2.24, 2.45) is 4.99 Å². The third-order valence-electron chi connectivity index (χ3n) is 4.18. The van der Waals surface area contributed by atoms with E-state index >= 15 is 0 Å². The number of rotatable bonds is 6. The third-order valence-corrected chi connectivity index (χ3v) is 5.56. The minimum atomic E-state index is -3.77. The number of amidine groups is 1. The summed E-state index contributed by atoms with van der Waals surface area (Å²) >= 11 is 0. The van der Waals surface area contributed by atoms with Crippen molar-refractivity contribution in [2.75, 3.05) is 26.1 Å². The van der Waals surface area contributed by atoms with Crippen molar-refractivity contribution >= 4 is 27.5 Å². The second-order valence-corrected chi connectivity index (χ2v) is 7.74. The number of para-hydroxylation sites is 1. The molecule has 0 spiro atoms. The third kappa shape index (κ3) is 4.25. The van der Waals surface area contributed by atoms with E-state index in [0.29, 0.717) is 36.0 Å². The average molecular weight is 403 g/mol. The zero-order valence-electron chi connectivity index (χ0n) is 15.6. The molecule has 0 radical (unpaired) electrons. The van der Waals surface area contributed by atoms with Crippen molar-refractivity contribution in [3.63, 3.8) is 0 Å². The quantitative estimate of drug-likeness (QED) is 0.771. The first-order valence-electron chi connectivity index (χ1n) is 8.63. The zero-order valence-corrected chi connectivity index (χ0v) is 16.4. The Labute approximate surface area is 163 Å². The molecular weight excluding hydrogens is 382 g/mol. The van der Waals surface area contributed by atoms with Crippen LogP contribution in [-0.2, 0) is 10.0 Å². The number of anilines is 1. The first-order chi connectivity index (χ1) is 13.4. The molecule has 1 heterocycles. The van der Waals surface area contributed by atoms with Gasteiger partial charge in [-0.3, -0.25) is 14.5 Å². The molecule has 0 aromatic heterocycles. The highest BCUT2D eigenvalue weighted by Crippen LogP contribution is 2.31. The Bertz CT molecular complexity index is 1020. The second kappa shape index (κ2) is 8.30. The smallest absolute Gasteiger partial charge is 0.262 e. The number of nitrogens with zero attached hydrogens (tertiary/aromatic N) is 1. The Morgan fingerprint density at radius 2 is 1.89 bits per heavy atom. The number of hydrogen-bond acceptors (Lipinski definition) is 6. The predicted octanol–water partition coefficient (Wildman–Crippen LogP) is 2.43. The molecule has 1 aliphatic heterocycles. The highest BCUT2D eigenvalue weighted by molar-refractivity contribution is 7.90. The molecule has 9 heteroatoms. The Balaban J connectivity index is 1.82. The molecular formula is C19H21N3O5S. The van der Waals surface area contributed by atoms with Gasteiger partial charge >= 0.3 is 0 Å². The van der Waals surface area contributed by atoms with Gasteiger partial charge in [0.15, 0.2) is 11.5 Å². The van der Waals surface area contributed by atoms with E-state index in [0.717, 1.165) is 6.42 Å². The topological polar surface area (TPSA) is 106 Å². The first-order valence-corrected chi connectivity index (χ1v) is 10.1. The minimum Gasteiger partial charge on any atom is -0.493 e. The summed E-state index contributed by atoms with van der Waals surface area (Å²) in [6.45, 7) is 0.621. The molecule has 2 N–H and O–H groups in total.